The molecule has 1 rings (SSSR count). The van der Waals surface area contributed by atoms with Gasteiger partial charge in [0.05, 0.1) is 6.10 Å². The maximum atomic E-state index is 6.03. The zero-order valence-electron chi connectivity index (χ0n) is 11.9. The summed E-state index contributed by atoms with van der Waals surface area (Å²) in [4.78, 5) is 0. The van der Waals surface area contributed by atoms with E-state index < -0.39 is 0 Å². The Morgan fingerprint density at radius 2 is 1.88 bits per heavy atom. The van der Waals surface area contributed by atoms with Crippen molar-refractivity contribution in [1.29, 1.82) is 0 Å². The maximum Gasteiger partial charge on any atom is 0.0661 e. The normalized spacial score (nSPS) is 26.8. The zero-order chi connectivity index (χ0) is 12.7. The molecule has 0 spiro atoms. The third-order valence-corrected chi connectivity index (χ3v) is 4.36. The molecule has 17 heavy (non-hydrogen) atoms. The first kappa shape index (κ1) is 14.9. The number of rotatable bonds is 9. The van der Waals surface area contributed by atoms with Crippen LogP contribution in [-0.2, 0) is 9.47 Å². The van der Waals surface area contributed by atoms with Crippen molar-refractivity contribution >= 4 is 0 Å². The molecule has 102 valence electrons. The Hall–Kier alpha value is -0.120. The van der Waals surface area contributed by atoms with Gasteiger partial charge in [-0.3, -0.25) is 0 Å². The summed E-state index contributed by atoms with van der Waals surface area (Å²) < 4.78 is 11.1. The SMILES string of the molecule is CCNC1CC(OCCCOC)C1(CC)CC. The molecule has 0 aromatic carbocycles. The fraction of sp³-hybridized carbons (Fsp3) is 1.00. The van der Waals surface area contributed by atoms with E-state index in [0.717, 1.165) is 26.2 Å². The molecule has 0 saturated heterocycles. The predicted octanol–water partition coefficient (Wildman–Crippen LogP) is 2.60. The molecular weight excluding hydrogens is 214 g/mol. The Morgan fingerprint density at radius 3 is 2.41 bits per heavy atom. The minimum absolute atomic E-state index is 0.364. The molecule has 1 saturated carbocycles. The van der Waals surface area contributed by atoms with E-state index in [9.17, 15) is 0 Å². The lowest BCUT2D eigenvalue weighted by Crippen LogP contribution is -2.63. The van der Waals surface area contributed by atoms with E-state index in [4.69, 9.17) is 9.47 Å². The van der Waals surface area contributed by atoms with Gasteiger partial charge < -0.3 is 14.8 Å². The van der Waals surface area contributed by atoms with Gasteiger partial charge in [-0.2, -0.15) is 0 Å². The Labute approximate surface area is 106 Å². The van der Waals surface area contributed by atoms with Crippen molar-refractivity contribution in [3.63, 3.8) is 0 Å². The lowest BCUT2D eigenvalue weighted by Gasteiger charge is -2.55. The van der Waals surface area contributed by atoms with Crippen LogP contribution in [0.3, 0.4) is 0 Å². The van der Waals surface area contributed by atoms with Gasteiger partial charge in [-0.15, -0.1) is 0 Å². The number of methoxy groups -OCH3 is 1. The highest BCUT2D eigenvalue weighted by Crippen LogP contribution is 2.48. The summed E-state index contributed by atoms with van der Waals surface area (Å²) in [6.45, 7) is 9.45. The molecule has 0 aromatic rings. The average molecular weight is 243 g/mol. The summed E-state index contributed by atoms with van der Waals surface area (Å²) in [6.07, 6.45) is 5.02. The van der Waals surface area contributed by atoms with Crippen LogP contribution in [0.2, 0.25) is 0 Å². The molecule has 1 N–H and O–H groups in total. The topological polar surface area (TPSA) is 30.5 Å². The Morgan fingerprint density at radius 1 is 1.18 bits per heavy atom. The van der Waals surface area contributed by atoms with Crippen LogP contribution in [0.5, 0.6) is 0 Å². The smallest absolute Gasteiger partial charge is 0.0661 e. The van der Waals surface area contributed by atoms with E-state index in [1.807, 2.05) is 0 Å². The predicted molar refractivity (Wildman–Crippen MR) is 71.3 cm³/mol. The standard InChI is InChI=1S/C14H29NO2/c1-5-14(6-2)12(15-7-3)11-13(14)17-10-8-9-16-4/h12-13,15H,5-11H2,1-4H3. The minimum atomic E-state index is 0.364. The molecule has 1 aliphatic carbocycles. The average Bonchev–Trinajstić information content (AvgIpc) is 2.33. The van der Waals surface area contributed by atoms with Gasteiger partial charge in [0.2, 0.25) is 0 Å². The minimum Gasteiger partial charge on any atom is -0.385 e. The molecule has 0 radical (unpaired) electrons. The van der Waals surface area contributed by atoms with Crippen molar-refractivity contribution in [2.45, 2.75) is 58.6 Å². The lowest BCUT2D eigenvalue weighted by atomic mass is 9.58. The van der Waals surface area contributed by atoms with Gasteiger partial charge in [0.15, 0.2) is 0 Å². The van der Waals surface area contributed by atoms with Crippen molar-refractivity contribution < 1.29 is 9.47 Å². The molecule has 0 aromatic heterocycles. The number of hydrogen-bond donors (Lipinski definition) is 1. The second-order valence-corrected chi connectivity index (χ2v) is 4.99. The monoisotopic (exact) mass is 243 g/mol. The van der Waals surface area contributed by atoms with Crippen molar-refractivity contribution in [1.82, 2.24) is 5.32 Å². The molecule has 1 fully saturated rings. The molecule has 3 nitrogen and oxygen atoms in total. The highest BCUT2D eigenvalue weighted by atomic mass is 16.5. The lowest BCUT2D eigenvalue weighted by molar-refractivity contribution is -0.142. The molecular formula is C14H29NO2. The Bertz CT molecular complexity index is 204. The van der Waals surface area contributed by atoms with Crippen LogP contribution in [0.4, 0.5) is 0 Å². The largest absolute Gasteiger partial charge is 0.385 e. The van der Waals surface area contributed by atoms with Gasteiger partial charge in [-0.05, 0) is 32.2 Å². The second-order valence-electron chi connectivity index (χ2n) is 4.99. The first-order valence-electron chi connectivity index (χ1n) is 7.09. The molecule has 2 atom stereocenters. The molecule has 2 unspecified atom stereocenters. The molecule has 0 amide bonds. The zero-order valence-corrected chi connectivity index (χ0v) is 11.9. The molecule has 1 aliphatic rings. The first-order chi connectivity index (χ1) is 8.25. The molecule has 3 heteroatoms. The highest BCUT2D eigenvalue weighted by Gasteiger charge is 2.52. The van der Waals surface area contributed by atoms with Crippen LogP contribution in [-0.4, -0.2) is 39.0 Å². The fourth-order valence-electron chi connectivity index (χ4n) is 3.14. The van der Waals surface area contributed by atoms with Crippen molar-refractivity contribution in [3.8, 4) is 0 Å². The summed E-state index contributed by atoms with van der Waals surface area (Å²) in [5.41, 5.74) is 0.364. The molecule has 0 bridgehead atoms. The number of ether oxygens (including phenoxy) is 2. The van der Waals surface area contributed by atoms with Crippen LogP contribution in [0.1, 0.15) is 46.5 Å². The van der Waals surface area contributed by atoms with Gasteiger partial charge in [0, 0.05) is 31.8 Å². The fourth-order valence-corrected chi connectivity index (χ4v) is 3.14. The van der Waals surface area contributed by atoms with E-state index in [-0.39, 0.29) is 0 Å². The summed E-state index contributed by atoms with van der Waals surface area (Å²) in [5, 5.41) is 3.60. The van der Waals surface area contributed by atoms with Crippen molar-refractivity contribution in [3.05, 3.63) is 0 Å². The van der Waals surface area contributed by atoms with Crippen LogP contribution >= 0.6 is 0 Å². The van der Waals surface area contributed by atoms with Crippen LogP contribution in [0.25, 0.3) is 0 Å². The van der Waals surface area contributed by atoms with Gasteiger partial charge >= 0.3 is 0 Å². The van der Waals surface area contributed by atoms with E-state index in [1.165, 1.54) is 19.3 Å². The van der Waals surface area contributed by atoms with Crippen LogP contribution < -0.4 is 5.32 Å². The Balaban J connectivity index is 2.40. The van der Waals surface area contributed by atoms with Gasteiger partial charge in [0.25, 0.3) is 0 Å². The summed E-state index contributed by atoms with van der Waals surface area (Å²) in [5.74, 6) is 0. The van der Waals surface area contributed by atoms with E-state index in [0.29, 0.717) is 17.6 Å². The van der Waals surface area contributed by atoms with Gasteiger partial charge in [-0.25, -0.2) is 0 Å². The summed E-state index contributed by atoms with van der Waals surface area (Å²) in [6, 6.07) is 0.648. The highest BCUT2D eigenvalue weighted by molar-refractivity contribution is 5.06. The number of nitrogens with one attached hydrogen (secondary N) is 1. The maximum absolute atomic E-state index is 6.03. The van der Waals surface area contributed by atoms with E-state index >= 15 is 0 Å². The van der Waals surface area contributed by atoms with Crippen molar-refractivity contribution in [2.75, 3.05) is 26.9 Å². The summed E-state index contributed by atoms with van der Waals surface area (Å²) in [7, 11) is 1.74. The Kier molecular flexibility index (Phi) is 6.45. The van der Waals surface area contributed by atoms with E-state index in [1.54, 1.807) is 7.11 Å². The van der Waals surface area contributed by atoms with E-state index in [2.05, 4.69) is 26.1 Å². The summed E-state index contributed by atoms with van der Waals surface area (Å²) >= 11 is 0. The first-order valence-corrected chi connectivity index (χ1v) is 7.09. The van der Waals surface area contributed by atoms with Crippen LogP contribution in [0, 0.1) is 5.41 Å². The van der Waals surface area contributed by atoms with Gasteiger partial charge in [-0.1, -0.05) is 20.8 Å². The van der Waals surface area contributed by atoms with Crippen LogP contribution in [0.15, 0.2) is 0 Å². The third-order valence-electron chi connectivity index (χ3n) is 4.36. The van der Waals surface area contributed by atoms with Crippen molar-refractivity contribution in [2.24, 2.45) is 5.41 Å². The third kappa shape index (κ3) is 3.21. The second kappa shape index (κ2) is 7.34. The molecule has 0 aliphatic heterocycles. The molecule has 0 heterocycles. The number of hydrogen-bond acceptors (Lipinski definition) is 3. The quantitative estimate of drug-likeness (QED) is 0.631. The van der Waals surface area contributed by atoms with Gasteiger partial charge in [0.1, 0.15) is 0 Å².